The topological polar surface area (TPSA) is 214 Å². The van der Waals surface area contributed by atoms with Gasteiger partial charge in [-0.15, -0.1) is 11.3 Å². The maximum absolute atomic E-state index is 13.9. The predicted molar refractivity (Wildman–Crippen MR) is 291 cm³/mol. The van der Waals surface area contributed by atoms with Gasteiger partial charge in [0.15, 0.2) is 0 Å². The van der Waals surface area contributed by atoms with Crippen LogP contribution in [0, 0.1) is 19.8 Å². The number of aromatic nitrogens is 3. The zero-order valence-corrected chi connectivity index (χ0v) is 45.5. The molecule has 4 N–H and O–H groups in total. The summed E-state index contributed by atoms with van der Waals surface area (Å²) < 4.78 is 19.7. The Morgan fingerprint density at radius 3 is 2.34 bits per heavy atom. The zero-order valence-electron chi connectivity index (χ0n) is 44.7. The minimum Gasteiger partial charge on any atom is -0.491 e. The van der Waals surface area contributed by atoms with Crippen molar-refractivity contribution in [2.75, 3.05) is 52.3 Å². The standard InChI is InChI=1S/C58H69N9O9S/c1-36(2)52(49-28-37(3)63-76-49)57(73)67-34-45(68)30-47(67)55(71)60-32-43-15-14-42(53-38(4)61-35-77-53)29-48(43)75-27-26-74-25-20-51(69)62-44-16-10-39(11-17-44)31-59-54(70)46-18-19-50-58(21-7-22-58)65(23-24-66(46)50)33-40-8-12-41(13-9-40)56(72)64(5)6/h8-19,28-29,35-36,45,47,52,68H,7,20-27,30-34H2,1-6H3,(H,59,70)(H,60,71)(H,62,69)/t45-,47+,52?/m0/s1. The summed E-state index contributed by atoms with van der Waals surface area (Å²) in [5, 5.41) is 23.6. The number of likely N-dealkylation sites (tertiary alicyclic amines) is 1. The van der Waals surface area contributed by atoms with Gasteiger partial charge >= 0.3 is 0 Å². The number of ether oxygens (including phenoxy) is 2. The summed E-state index contributed by atoms with van der Waals surface area (Å²) in [6.07, 6.45) is 2.57. The number of aliphatic hydroxyl groups excluding tert-OH is 1. The van der Waals surface area contributed by atoms with Crippen LogP contribution in [0.2, 0.25) is 0 Å². The number of thiazole rings is 1. The van der Waals surface area contributed by atoms with Crippen LogP contribution in [0.15, 0.2) is 95.0 Å². The van der Waals surface area contributed by atoms with Crippen LogP contribution in [0.25, 0.3) is 10.4 Å². The SMILES string of the molecule is Cc1cc(C(C(=O)N2C[C@@H](O)C[C@@H]2C(=O)NCc2ccc(-c3scnc3C)cc2OCCOCCC(=O)Nc2ccc(CNC(=O)c3ccc4n3CCN(Cc3ccc(C(=O)N(C)C)cc3)C43CCC3)cc2)C(C)C)on1. The number of aryl methyl sites for hydroxylation is 2. The Bertz CT molecular complexity index is 3070. The second-order valence-electron chi connectivity index (χ2n) is 20.9. The Morgan fingerprint density at radius 2 is 1.66 bits per heavy atom. The number of aliphatic hydroxyl groups is 1. The summed E-state index contributed by atoms with van der Waals surface area (Å²) in [5.41, 5.74) is 10.00. The van der Waals surface area contributed by atoms with E-state index in [1.165, 1.54) is 21.9 Å². The molecule has 0 bridgehead atoms. The van der Waals surface area contributed by atoms with Gasteiger partial charge < -0.3 is 49.4 Å². The van der Waals surface area contributed by atoms with Gasteiger partial charge in [-0.05, 0) is 98.2 Å². The molecule has 6 aromatic rings. The third-order valence-corrected chi connectivity index (χ3v) is 16.0. The molecule has 19 heteroatoms. The lowest BCUT2D eigenvalue weighted by atomic mass is 9.71. The molecule has 9 rings (SSSR count). The van der Waals surface area contributed by atoms with Crippen molar-refractivity contribution in [2.45, 2.75) is 110 Å². The second kappa shape index (κ2) is 24.0. The summed E-state index contributed by atoms with van der Waals surface area (Å²) in [4.78, 5) is 77.6. The van der Waals surface area contributed by atoms with E-state index in [4.69, 9.17) is 14.0 Å². The first kappa shape index (κ1) is 54.6. The van der Waals surface area contributed by atoms with E-state index in [9.17, 15) is 29.1 Å². The van der Waals surface area contributed by atoms with Crippen LogP contribution in [0.5, 0.6) is 5.75 Å². The first-order chi connectivity index (χ1) is 37.1. The van der Waals surface area contributed by atoms with Crippen molar-refractivity contribution in [2.24, 2.45) is 5.92 Å². The van der Waals surface area contributed by atoms with Crippen molar-refractivity contribution in [3.8, 4) is 16.2 Å². The van der Waals surface area contributed by atoms with Gasteiger partial charge in [-0.3, -0.25) is 28.9 Å². The number of amides is 5. The maximum atomic E-state index is 13.9. The number of rotatable bonds is 21. The molecule has 3 aliphatic rings. The highest BCUT2D eigenvalue weighted by Crippen LogP contribution is 2.49. The molecular weight excluding hydrogens is 999 g/mol. The zero-order chi connectivity index (χ0) is 54.4. The fourth-order valence-corrected chi connectivity index (χ4v) is 11.5. The average Bonchev–Trinajstić information content (AvgIpc) is 4.23. The molecule has 3 aromatic carbocycles. The van der Waals surface area contributed by atoms with Gasteiger partial charge in [-0.25, -0.2) is 4.98 Å². The van der Waals surface area contributed by atoms with E-state index in [1.54, 1.807) is 37.5 Å². The quantitative estimate of drug-likeness (QED) is 0.0528. The largest absolute Gasteiger partial charge is 0.491 e. The highest BCUT2D eigenvalue weighted by molar-refractivity contribution is 7.13. The van der Waals surface area contributed by atoms with Gasteiger partial charge in [-0.2, -0.15) is 0 Å². The van der Waals surface area contributed by atoms with E-state index < -0.39 is 18.1 Å². The van der Waals surface area contributed by atoms with Crippen molar-refractivity contribution in [1.82, 2.24) is 40.0 Å². The van der Waals surface area contributed by atoms with Crippen LogP contribution in [0.4, 0.5) is 5.69 Å². The van der Waals surface area contributed by atoms with Gasteiger partial charge in [0.05, 0.1) is 53.1 Å². The molecule has 406 valence electrons. The fourth-order valence-electron chi connectivity index (χ4n) is 10.7. The van der Waals surface area contributed by atoms with Gasteiger partial charge in [0.1, 0.15) is 35.8 Å². The number of anilines is 1. The number of β-amino-alcohol motifs (C(OH)–C–C–N with tert-alkyl or cyclic N) is 1. The molecule has 77 heavy (non-hydrogen) atoms. The summed E-state index contributed by atoms with van der Waals surface area (Å²) >= 11 is 1.51. The first-order valence-corrected chi connectivity index (χ1v) is 27.3. The molecular formula is C58H69N9O9S. The summed E-state index contributed by atoms with van der Waals surface area (Å²) in [7, 11) is 3.51. The summed E-state index contributed by atoms with van der Waals surface area (Å²) in [6.45, 7) is 10.8. The Kier molecular flexibility index (Phi) is 17.0. The second-order valence-corrected chi connectivity index (χ2v) is 21.7. The number of hydrogen-bond donors (Lipinski definition) is 4. The summed E-state index contributed by atoms with van der Waals surface area (Å²) in [5.74, 6) is -0.886. The molecule has 1 saturated carbocycles. The molecule has 5 heterocycles. The molecule has 5 amide bonds. The van der Waals surface area contributed by atoms with Gasteiger partial charge in [0.2, 0.25) is 17.7 Å². The maximum Gasteiger partial charge on any atom is 0.268 e. The molecule has 1 unspecified atom stereocenters. The molecule has 18 nitrogen and oxygen atoms in total. The number of carbonyl (C=O) groups is 5. The molecule has 3 atom stereocenters. The Labute approximate surface area is 453 Å². The molecule has 0 radical (unpaired) electrons. The minimum absolute atomic E-state index is 0.0135. The van der Waals surface area contributed by atoms with Crippen LogP contribution in [-0.4, -0.2) is 123 Å². The average molecular weight is 1070 g/mol. The van der Waals surface area contributed by atoms with Crippen molar-refractivity contribution in [3.05, 3.63) is 141 Å². The normalized spacial score (nSPS) is 17.2. The lowest BCUT2D eigenvalue weighted by Gasteiger charge is -2.53. The third-order valence-electron chi connectivity index (χ3n) is 15.0. The van der Waals surface area contributed by atoms with E-state index >= 15 is 0 Å². The predicted octanol–water partition coefficient (Wildman–Crippen LogP) is 7.19. The van der Waals surface area contributed by atoms with E-state index in [-0.39, 0.29) is 86.7 Å². The first-order valence-electron chi connectivity index (χ1n) is 26.4. The van der Waals surface area contributed by atoms with Gasteiger partial charge in [0.25, 0.3) is 11.8 Å². The highest BCUT2D eigenvalue weighted by Gasteiger charge is 2.48. The van der Waals surface area contributed by atoms with E-state index in [0.29, 0.717) is 52.8 Å². The monoisotopic (exact) mass is 1070 g/mol. The lowest BCUT2D eigenvalue weighted by Crippen LogP contribution is -2.56. The van der Waals surface area contributed by atoms with Crippen LogP contribution < -0.4 is 20.7 Å². The number of nitrogens with zero attached hydrogens (tertiary/aromatic N) is 6. The van der Waals surface area contributed by atoms with E-state index in [0.717, 1.165) is 59.6 Å². The van der Waals surface area contributed by atoms with E-state index in [1.807, 2.05) is 93.6 Å². The number of benzene rings is 3. The molecule has 1 aliphatic carbocycles. The Hall–Kier alpha value is -7.19. The van der Waals surface area contributed by atoms with Crippen LogP contribution in [0.1, 0.15) is 112 Å². The molecule has 2 fully saturated rings. The van der Waals surface area contributed by atoms with Crippen LogP contribution >= 0.6 is 11.3 Å². The number of nitrogens with one attached hydrogen (secondary N) is 3. The highest BCUT2D eigenvalue weighted by atomic mass is 32.1. The smallest absolute Gasteiger partial charge is 0.268 e. The lowest BCUT2D eigenvalue weighted by molar-refractivity contribution is -0.141. The van der Waals surface area contributed by atoms with Gasteiger partial charge in [0, 0.05) is 88.4 Å². The molecule has 1 saturated heterocycles. The molecule has 1 spiro atoms. The number of fused-ring (bicyclic) bond motifs is 2. The number of hydrogen-bond acceptors (Lipinski definition) is 13. The van der Waals surface area contributed by atoms with Crippen molar-refractivity contribution in [1.29, 1.82) is 0 Å². The van der Waals surface area contributed by atoms with Crippen LogP contribution in [-0.2, 0) is 50.8 Å². The van der Waals surface area contributed by atoms with Crippen molar-refractivity contribution in [3.63, 3.8) is 0 Å². The summed E-state index contributed by atoms with van der Waals surface area (Å²) in [6, 6.07) is 25.9. The number of carbonyl (C=O) groups excluding carboxylic acids is 5. The Morgan fingerprint density at radius 1 is 0.896 bits per heavy atom. The van der Waals surface area contributed by atoms with Gasteiger partial charge in [-0.1, -0.05) is 55.4 Å². The fraction of sp³-hybridized carbons (Fsp3) is 0.431. The van der Waals surface area contributed by atoms with Crippen LogP contribution in [0.3, 0.4) is 0 Å². The molecule has 3 aromatic heterocycles. The minimum atomic E-state index is -0.877. The van der Waals surface area contributed by atoms with E-state index in [2.05, 4.69) is 41.6 Å². The van der Waals surface area contributed by atoms with Crippen molar-refractivity contribution < 1.29 is 43.1 Å². The third kappa shape index (κ3) is 12.3. The Balaban J connectivity index is 0.723. The molecule has 2 aliphatic heterocycles. The van der Waals surface area contributed by atoms with Crippen molar-refractivity contribution >= 4 is 46.6 Å².